The van der Waals surface area contributed by atoms with Crippen molar-refractivity contribution in [2.45, 2.75) is 118 Å². The van der Waals surface area contributed by atoms with Crippen molar-refractivity contribution in [1.29, 1.82) is 0 Å². The lowest BCUT2D eigenvalue weighted by Crippen LogP contribution is -2.35. The molecule has 3 aromatic carbocycles. The van der Waals surface area contributed by atoms with Gasteiger partial charge in [-0.05, 0) is 84.0 Å². The number of nitrogens with zero attached hydrogens (tertiary/aromatic N) is 2. The third-order valence-corrected chi connectivity index (χ3v) is 9.65. The number of terminal acetylenes is 1. The molecule has 0 saturated heterocycles. The molecular formula is C46H58F4N6O2. The molecule has 0 aliphatic heterocycles. The molecule has 2 aromatic heterocycles. The second-order valence-electron chi connectivity index (χ2n) is 16.6. The number of aromatic nitrogens is 4. The molecule has 2 amide bonds. The zero-order valence-electron chi connectivity index (χ0n) is 34.5. The number of alkyl halides is 4. The van der Waals surface area contributed by atoms with Gasteiger partial charge in [0.1, 0.15) is 11.6 Å². The highest BCUT2D eigenvalue weighted by Gasteiger charge is 2.38. The molecule has 0 atom stereocenters. The van der Waals surface area contributed by atoms with Gasteiger partial charge >= 0.3 is 0 Å². The number of nitrogens with one attached hydrogen (secondary N) is 4. The van der Waals surface area contributed by atoms with Crippen LogP contribution in [0.5, 0.6) is 0 Å². The van der Waals surface area contributed by atoms with Gasteiger partial charge in [0.25, 0.3) is 0 Å². The molecule has 7 rings (SSSR count). The highest BCUT2D eigenvalue weighted by molar-refractivity contribution is 5.85. The van der Waals surface area contributed by atoms with Crippen LogP contribution in [-0.4, -0.2) is 43.6 Å². The molecule has 12 heteroatoms. The van der Waals surface area contributed by atoms with Crippen molar-refractivity contribution in [3.8, 4) is 35.1 Å². The molecule has 2 fully saturated rings. The van der Waals surface area contributed by atoms with E-state index in [1.807, 2.05) is 60.7 Å². The lowest BCUT2D eigenvalue weighted by atomic mass is 9.86. The number of imidazole rings is 2. The van der Waals surface area contributed by atoms with Crippen LogP contribution < -0.4 is 10.6 Å². The SMILES string of the molecule is C#C.CC(C)C.CC(C)C.O=C(NCc1nc2ccc(-c3ccc(-c4ccc5nc(CNC(=O)C6CCC(F)(F)CC6)[nH]c5c4)cc3)cc2[nH]1)C1CCC(F)(F)CC1. The number of carbonyl (C=O) groups is 2. The number of fused-ring (bicyclic) bond motifs is 2. The number of aromatic amines is 2. The molecule has 8 nitrogen and oxygen atoms in total. The van der Waals surface area contributed by atoms with Gasteiger partial charge in [-0.2, -0.15) is 0 Å². The van der Waals surface area contributed by atoms with Crippen molar-refractivity contribution >= 4 is 33.9 Å². The predicted molar refractivity (Wildman–Crippen MR) is 225 cm³/mol. The maximum absolute atomic E-state index is 13.4. The Bertz CT molecular complexity index is 1950. The zero-order valence-corrected chi connectivity index (χ0v) is 34.5. The third kappa shape index (κ3) is 13.5. The van der Waals surface area contributed by atoms with Gasteiger partial charge in [0, 0.05) is 37.5 Å². The summed E-state index contributed by atoms with van der Waals surface area (Å²) in [6.07, 6.45) is 7.77. The highest BCUT2D eigenvalue weighted by Crippen LogP contribution is 2.37. The van der Waals surface area contributed by atoms with E-state index in [1.54, 1.807) is 0 Å². The van der Waals surface area contributed by atoms with E-state index in [1.165, 1.54) is 0 Å². The fraction of sp³-hybridized carbons (Fsp3) is 0.478. The molecule has 4 N–H and O–H groups in total. The molecule has 0 unspecified atom stereocenters. The molecule has 0 bridgehead atoms. The zero-order chi connectivity index (χ0) is 42.6. The average molecular weight is 803 g/mol. The summed E-state index contributed by atoms with van der Waals surface area (Å²) in [4.78, 5) is 40.7. The molecular weight excluding hydrogens is 745 g/mol. The average Bonchev–Trinajstić information content (AvgIpc) is 3.79. The molecule has 58 heavy (non-hydrogen) atoms. The van der Waals surface area contributed by atoms with E-state index in [0.29, 0.717) is 11.6 Å². The fourth-order valence-electron chi connectivity index (χ4n) is 6.74. The van der Waals surface area contributed by atoms with E-state index in [0.717, 1.165) is 56.2 Å². The molecule has 312 valence electrons. The largest absolute Gasteiger partial charge is 0.349 e. The Kier molecular flexibility index (Phi) is 16.1. The normalized spacial score (nSPS) is 16.4. The maximum atomic E-state index is 13.4. The Morgan fingerprint density at radius 1 is 0.603 bits per heavy atom. The molecule has 5 aromatic rings. The van der Waals surface area contributed by atoms with Gasteiger partial charge in [-0.1, -0.05) is 77.9 Å². The third-order valence-electron chi connectivity index (χ3n) is 9.65. The summed E-state index contributed by atoms with van der Waals surface area (Å²) in [6, 6.07) is 20.0. The van der Waals surface area contributed by atoms with E-state index in [9.17, 15) is 27.2 Å². The van der Waals surface area contributed by atoms with Gasteiger partial charge in [-0.15, -0.1) is 12.8 Å². The molecule has 0 spiro atoms. The topological polar surface area (TPSA) is 116 Å². The monoisotopic (exact) mass is 802 g/mol. The van der Waals surface area contributed by atoms with Crippen molar-refractivity contribution in [2.24, 2.45) is 23.7 Å². The highest BCUT2D eigenvalue weighted by atomic mass is 19.3. The van der Waals surface area contributed by atoms with Crippen LogP contribution in [0.4, 0.5) is 17.6 Å². The molecule has 2 aliphatic carbocycles. The van der Waals surface area contributed by atoms with Gasteiger partial charge in [-0.25, -0.2) is 27.5 Å². The van der Waals surface area contributed by atoms with Gasteiger partial charge in [0.2, 0.25) is 23.7 Å². The van der Waals surface area contributed by atoms with E-state index < -0.39 is 23.7 Å². The molecule has 0 radical (unpaired) electrons. The van der Waals surface area contributed by atoms with E-state index in [-0.39, 0.29) is 76.3 Å². The predicted octanol–water partition coefficient (Wildman–Crippen LogP) is 11.2. The van der Waals surface area contributed by atoms with Gasteiger partial charge in [-0.3, -0.25) is 9.59 Å². The summed E-state index contributed by atoms with van der Waals surface area (Å²) in [7, 11) is 0. The number of H-pyrrole nitrogens is 2. The van der Waals surface area contributed by atoms with Crippen LogP contribution in [-0.2, 0) is 22.7 Å². The van der Waals surface area contributed by atoms with Crippen LogP contribution >= 0.6 is 0 Å². The summed E-state index contributed by atoms with van der Waals surface area (Å²) >= 11 is 0. The minimum Gasteiger partial charge on any atom is -0.349 e. The number of carbonyl (C=O) groups excluding carboxylic acids is 2. The minimum atomic E-state index is -2.67. The number of benzene rings is 3. The van der Waals surface area contributed by atoms with Gasteiger partial charge < -0.3 is 20.6 Å². The number of halogens is 4. The smallest absolute Gasteiger partial charge is 0.248 e. The summed E-state index contributed by atoms with van der Waals surface area (Å²) in [5.74, 6) is -3.67. The van der Waals surface area contributed by atoms with Crippen molar-refractivity contribution in [3.05, 3.63) is 72.3 Å². The standard InChI is InChI=1S/C36H36F4N6O2.2C4H10.C2H2/c37-35(38)13-9-23(10-14-35)33(47)41-19-31-43-27-7-5-25(17-29(27)45-31)21-1-2-22(4-3-21)26-6-8-28-30(18-26)46-32(44-28)20-42-34(48)24-11-15-36(39,40)16-12-24;2*1-4(2)3;1-2/h1-8,17-18,23-24H,9-16,19-20H2,(H,41,47)(H,42,48)(H,43,45)(H,44,46);2*4H,1-3H3;1-2H. The Morgan fingerprint density at radius 2 is 0.897 bits per heavy atom. The number of amides is 2. The van der Waals surface area contributed by atoms with Crippen molar-refractivity contribution in [1.82, 2.24) is 30.6 Å². The van der Waals surface area contributed by atoms with Crippen LogP contribution in [0.2, 0.25) is 0 Å². The number of rotatable bonds is 8. The van der Waals surface area contributed by atoms with Crippen LogP contribution in [0.3, 0.4) is 0 Å². The maximum Gasteiger partial charge on any atom is 0.248 e. The quantitative estimate of drug-likeness (QED) is 0.0923. The second kappa shape index (κ2) is 20.5. The first kappa shape index (κ1) is 45.5. The van der Waals surface area contributed by atoms with E-state index in [2.05, 4.69) is 85.0 Å². The number of hydrogen-bond donors (Lipinski definition) is 4. The van der Waals surface area contributed by atoms with Crippen molar-refractivity contribution in [2.75, 3.05) is 0 Å². The molecule has 2 aliphatic rings. The van der Waals surface area contributed by atoms with Crippen LogP contribution in [0.25, 0.3) is 44.3 Å². The minimum absolute atomic E-state index is 0.192. The first-order valence-electron chi connectivity index (χ1n) is 20.2. The molecule has 2 heterocycles. The summed E-state index contributed by atoms with van der Waals surface area (Å²) in [5.41, 5.74) is 7.21. The summed E-state index contributed by atoms with van der Waals surface area (Å²) in [6.45, 7) is 13.4. The van der Waals surface area contributed by atoms with Gasteiger partial charge in [0.15, 0.2) is 0 Å². The first-order valence-corrected chi connectivity index (χ1v) is 20.2. The lowest BCUT2D eigenvalue weighted by Gasteiger charge is -2.27. The number of hydrogen-bond acceptors (Lipinski definition) is 4. The second-order valence-corrected chi connectivity index (χ2v) is 16.6. The first-order chi connectivity index (χ1) is 27.5. The van der Waals surface area contributed by atoms with E-state index in [4.69, 9.17) is 0 Å². The van der Waals surface area contributed by atoms with Crippen LogP contribution in [0.1, 0.15) is 105 Å². The fourth-order valence-corrected chi connectivity index (χ4v) is 6.74. The van der Waals surface area contributed by atoms with Crippen molar-refractivity contribution in [3.63, 3.8) is 0 Å². The van der Waals surface area contributed by atoms with E-state index >= 15 is 0 Å². The Labute approximate surface area is 339 Å². The Hall–Kier alpha value is -5.18. The summed E-state index contributed by atoms with van der Waals surface area (Å²) < 4.78 is 53.8. The van der Waals surface area contributed by atoms with Gasteiger partial charge in [0.05, 0.1) is 35.2 Å². The van der Waals surface area contributed by atoms with Crippen LogP contribution in [0, 0.1) is 36.5 Å². The van der Waals surface area contributed by atoms with Crippen LogP contribution in [0.15, 0.2) is 60.7 Å². The summed E-state index contributed by atoms with van der Waals surface area (Å²) in [5, 5.41) is 5.68. The lowest BCUT2D eigenvalue weighted by molar-refractivity contribution is -0.130. The Morgan fingerprint density at radius 3 is 1.21 bits per heavy atom. The Balaban J connectivity index is 0.000000675. The van der Waals surface area contributed by atoms with Crippen molar-refractivity contribution < 1.29 is 27.2 Å². The molecule has 2 saturated carbocycles.